The number of sulfonamides is 1. The van der Waals surface area contributed by atoms with Crippen LogP contribution in [-0.2, 0) is 25.9 Å². The lowest BCUT2D eigenvalue weighted by Crippen LogP contribution is -2.60. The van der Waals surface area contributed by atoms with Gasteiger partial charge in [-0.05, 0) is 48.6 Å². The molecule has 6 atom stereocenters. The van der Waals surface area contributed by atoms with Crippen LogP contribution in [0.4, 0.5) is 4.79 Å². The summed E-state index contributed by atoms with van der Waals surface area (Å²) >= 11 is 0. The van der Waals surface area contributed by atoms with Gasteiger partial charge in [-0.2, -0.15) is 4.31 Å². The van der Waals surface area contributed by atoms with Crippen LogP contribution in [0.15, 0.2) is 47.4 Å². The molecule has 14 heteroatoms. The molecule has 4 N–H and O–H groups in total. The summed E-state index contributed by atoms with van der Waals surface area (Å²) in [5, 5.41) is 33.4. The highest BCUT2D eigenvalue weighted by molar-refractivity contribution is 7.89. The molecule has 2 saturated heterocycles. The largest absolute Gasteiger partial charge is 0.491 e. The van der Waals surface area contributed by atoms with Crippen LogP contribution >= 0.6 is 0 Å². The number of hydrogen-bond acceptors (Lipinski definition) is 10. The fourth-order valence-corrected chi connectivity index (χ4v) is 8.05. The Morgan fingerprint density at radius 3 is 2.57 bits per heavy atom. The summed E-state index contributed by atoms with van der Waals surface area (Å²) in [4.78, 5) is 12.0. The summed E-state index contributed by atoms with van der Waals surface area (Å²) in [6.07, 6.45) is -2.66. The fraction of sp³-hybridized carbons (Fsp3) is 0.567. The minimum absolute atomic E-state index is 0.0184. The second kappa shape index (κ2) is 13.9. The first-order valence-electron chi connectivity index (χ1n) is 14.7. The number of hydrogen-bond donors (Lipinski definition) is 4. The number of ether oxygens (including phenoxy) is 5. The average molecular weight is 637 g/mol. The third-order valence-electron chi connectivity index (χ3n) is 8.16. The number of nitrogens with one attached hydrogen (secondary N) is 1. The lowest BCUT2D eigenvalue weighted by atomic mass is 9.81. The molecule has 1 unspecified atom stereocenters. The van der Waals surface area contributed by atoms with Crippen LogP contribution in [0, 0.1) is 17.8 Å². The Hall–Kier alpha value is -3.14. The van der Waals surface area contributed by atoms with Gasteiger partial charge in [-0.25, -0.2) is 13.2 Å². The Balaban J connectivity index is 1.53. The van der Waals surface area contributed by atoms with Gasteiger partial charge >= 0.3 is 6.09 Å². The molecule has 0 spiro atoms. The number of carboxylic acid groups (broad SMARTS) is 1. The van der Waals surface area contributed by atoms with Crippen LogP contribution in [0.25, 0.3) is 0 Å². The van der Waals surface area contributed by atoms with Gasteiger partial charge < -0.3 is 44.3 Å². The van der Waals surface area contributed by atoms with Gasteiger partial charge in [-0.1, -0.05) is 26.0 Å². The van der Waals surface area contributed by atoms with Crippen LogP contribution in [0.5, 0.6) is 17.2 Å². The van der Waals surface area contributed by atoms with Gasteiger partial charge in [0.05, 0.1) is 42.9 Å². The molecule has 242 valence electrons. The quantitative estimate of drug-likeness (QED) is 0.239. The number of aliphatic hydroxyl groups is 2. The van der Waals surface area contributed by atoms with E-state index in [1.165, 1.54) is 22.5 Å². The predicted octanol–water partition coefficient (Wildman–Crippen LogP) is 2.05. The van der Waals surface area contributed by atoms with Crippen molar-refractivity contribution in [3.63, 3.8) is 0 Å². The Kier molecular flexibility index (Phi) is 10.2. The van der Waals surface area contributed by atoms with Crippen LogP contribution in [-0.4, -0.2) is 98.4 Å². The van der Waals surface area contributed by atoms with E-state index in [1.54, 1.807) is 24.3 Å². The SMILES string of the molecule is CC(C)CN(C([C@H](O)[C@H](Cc1ccc(OCCO)cc1)NC(=O)O)[C@@H]1CO[C@H]2OCC[C@H]21)S(=O)(=O)c1ccc2c(c1)OCO2. The second-order valence-corrected chi connectivity index (χ2v) is 13.5. The summed E-state index contributed by atoms with van der Waals surface area (Å²) in [7, 11) is -4.25. The second-order valence-electron chi connectivity index (χ2n) is 11.6. The van der Waals surface area contributed by atoms with E-state index in [2.05, 4.69) is 5.32 Å². The van der Waals surface area contributed by atoms with Gasteiger partial charge in [0.2, 0.25) is 16.8 Å². The van der Waals surface area contributed by atoms with Crippen molar-refractivity contribution in [3.05, 3.63) is 48.0 Å². The molecule has 3 aliphatic rings. The zero-order valence-corrected chi connectivity index (χ0v) is 25.5. The molecule has 3 heterocycles. The molecule has 0 bridgehead atoms. The number of amides is 1. The summed E-state index contributed by atoms with van der Waals surface area (Å²) in [6, 6.07) is 9.10. The molecule has 44 heavy (non-hydrogen) atoms. The third-order valence-corrected chi connectivity index (χ3v) is 10.0. The van der Waals surface area contributed by atoms with E-state index in [4.69, 9.17) is 28.8 Å². The normalized spacial score (nSPS) is 23.0. The smallest absolute Gasteiger partial charge is 0.404 e. The van der Waals surface area contributed by atoms with Crippen molar-refractivity contribution in [2.24, 2.45) is 17.8 Å². The summed E-state index contributed by atoms with van der Waals surface area (Å²) < 4.78 is 58.1. The van der Waals surface area contributed by atoms with Gasteiger partial charge in [0.25, 0.3) is 0 Å². The fourth-order valence-electron chi connectivity index (χ4n) is 6.19. The molecule has 2 aromatic carbocycles. The monoisotopic (exact) mass is 636 g/mol. The zero-order chi connectivity index (χ0) is 31.4. The van der Waals surface area contributed by atoms with Crippen molar-refractivity contribution in [1.82, 2.24) is 9.62 Å². The summed E-state index contributed by atoms with van der Waals surface area (Å²) in [5.41, 5.74) is 0.691. The molecular formula is C30H40N2O11S. The minimum atomic E-state index is -4.25. The van der Waals surface area contributed by atoms with Crippen molar-refractivity contribution in [2.75, 3.05) is 39.8 Å². The van der Waals surface area contributed by atoms with E-state index >= 15 is 0 Å². The van der Waals surface area contributed by atoms with E-state index < -0.39 is 46.5 Å². The maximum atomic E-state index is 14.5. The van der Waals surface area contributed by atoms with Crippen molar-refractivity contribution in [1.29, 1.82) is 0 Å². The number of aliphatic hydroxyl groups excluding tert-OH is 2. The molecule has 0 aliphatic carbocycles. The van der Waals surface area contributed by atoms with Gasteiger partial charge in [0.15, 0.2) is 17.8 Å². The van der Waals surface area contributed by atoms with Crippen LogP contribution in [0.3, 0.4) is 0 Å². The zero-order valence-electron chi connectivity index (χ0n) is 24.7. The predicted molar refractivity (Wildman–Crippen MR) is 156 cm³/mol. The molecular weight excluding hydrogens is 596 g/mol. The Morgan fingerprint density at radius 2 is 1.86 bits per heavy atom. The molecule has 1 amide bonds. The van der Waals surface area contributed by atoms with Crippen molar-refractivity contribution >= 4 is 16.1 Å². The summed E-state index contributed by atoms with van der Waals surface area (Å²) in [6.45, 7) is 4.37. The first kappa shape index (κ1) is 32.3. The number of rotatable bonds is 14. The Bertz CT molecular complexity index is 1390. The molecule has 0 aromatic heterocycles. The highest BCUT2D eigenvalue weighted by Gasteiger charge is 2.52. The Morgan fingerprint density at radius 1 is 1.11 bits per heavy atom. The van der Waals surface area contributed by atoms with Crippen LogP contribution in [0.2, 0.25) is 0 Å². The van der Waals surface area contributed by atoms with Crippen molar-refractivity contribution in [2.45, 2.75) is 56.1 Å². The topological polar surface area (TPSA) is 173 Å². The standard InChI is InChI=1S/C30H40N2O11S/c1-18(2)15-32(44(37,38)21-7-8-25-26(14-21)43-17-42-25)27(23-16-41-29-22(23)9-11-40-29)28(34)24(31-30(35)36)13-19-3-5-20(6-4-19)39-12-10-33/h3-8,14,18,22-24,27-29,31,33-34H,9-13,15-17H2,1-2H3,(H,35,36)/t22-,23+,24-,27?,28+,29+/m0/s1. The first-order chi connectivity index (χ1) is 21.1. The highest BCUT2D eigenvalue weighted by Crippen LogP contribution is 2.42. The van der Waals surface area contributed by atoms with Crippen LogP contribution in [0.1, 0.15) is 25.8 Å². The average Bonchev–Trinajstić information content (AvgIpc) is 3.74. The van der Waals surface area contributed by atoms with Crippen molar-refractivity contribution < 1.29 is 52.2 Å². The van der Waals surface area contributed by atoms with E-state index in [0.717, 1.165) is 0 Å². The molecule has 5 rings (SSSR count). The molecule has 0 saturated carbocycles. The van der Waals surface area contributed by atoms with Crippen LogP contribution < -0.4 is 19.5 Å². The van der Waals surface area contributed by atoms with E-state index in [-0.39, 0.29) is 56.3 Å². The van der Waals surface area contributed by atoms with E-state index in [0.29, 0.717) is 35.8 Å². The number of benzene rings is 2. The molecule has 2 fully saturated rings. The van der Waals surface area contributed by atoms with E-state index in [9.17, 15) is 23.4 Å². The maximum absolute atomic E-state index is 14.5. The molecule has 3 aliphatic heterocycles. The molecule has 0 radical (unpaired) electrons. The van der Waals surface area contributed by atoms with Gasteiger partial charge in [0, 0.05) is 24.4 Å². The number of nitrogens with zero attached hydrogens (tertiary/aromatic N) is 1. The highest BCUT2D eigenvalue weighted by atomic mass is 32.2. The first-order valence-corrected chi connectivity index (χ1v) is 16.2. The number of fused-ring (bicyclic) bond motifs is 2. The van der Waals surface area contributed by atoms with Crippen molar-refractivity contribution in [3.8, 4) is 17.2 Å². The lowest BCUT2D eigenvalue weighted by Gasteiger charge is -2.42. The number of carbonyl (C=O) groups is 1. The third kappa shape index (κ3) is 7.05. The van der Waals surface area contributed by atoms with Gasteiger partial charge in [-0.3, -0.25) is 0 Å². The molecule has 2 aromatic rings. The summed E-state index contributed by atoms with van der Waals surface area (Å²) in [5.74, 6) is 0.459. The minimum Gasteiger partial charge on any atom is -0.491 e. The van der Waals surface area contributed by atoms with Gasteiger partial charge in [0.1, 0.15) is 12.4 Å². The van der Waals surface area contributed by atoms with Gasteiger partial charge in [-0.15, -0.1) is 0 Å². The van der Waals surface area contributed by atoms with E-state index in [1.807, 2.05) is 13.8 Å². The Labute approximate surface area is 256 Å². The maximum Gasteiger partial charge on any atom is 0.404 e. The molecule has 13 nitrogen and oxygen atoms in total. The lowest BCUT2D eigenvalue weighted by molar-refractivity contribution is -0.0907.